The Kier molecular flexibility index (Phi) is 7.23. The standard InChI is InChI=1S/C25H35FN4O2/c1-3-30(16-18-7-6-12-29(2)15-18)25(32)21-13-17(10-11-22(21)26)14-23-19-8-4-5-9-20(19)24(31)28-27-23/h13,18H,3-12,14-16H2,1-2H3,(H,28,31). The number of hydrogen-bond acceptors (Lipinski definition) is 4. The van der Waals surface area contributed by atoms with Crippen molar-refractivity contribution < 1.29 is 9.18 Å². The van der Waals surface area contributed by atoms with Crippen molar-refractivity contribution in [2.75, 3.05) is 33.2 Å². The number of piperidine rings is 1. The number of likely N-dealkylation sites (N-methyl/N-ethyl adjacent to an activating group) is 1. The predicted octanol–water partition coefficient (Wildman–Crippen LogP) is 3.33. The fourth-order valence-corrected chi connectivity index (χ4v) is 5.43. The zero-order chi connectivity index (χ0) is 22.7. The van der Waals surface area contributed by atoms with E-state index in [-0.39, 0.29) is 29.3 Å². The molecule has 6 nitrogen and oxygen atoms in total. The van der Waals surface area contributed by atoms with Crippen molar-refractivity contribution in [2.24, 2.45) is 5.92 Å². The Hall–Kier alpha value is -2.28. The predicted molar refractivity (Wildman–Crippen MR) is 123 cm³/mol. The number of H-pyrrole nitrogens is 1. The second-order valence-electron chi connectivity index (χ2n) is 9.58. The van der Waals surface area contributed by atoms with Crippen molar-refractivity contribution in [3.63, 3.8) is 0 Å². The highest BCUT2D eigenvalue weighted by atomic mass is 19.1. The van der Waals surface area contributed by atoms with Crippen LogP contribution in [0.5, 0.6) is 0 Å². The minimum Gasteiger partial charge on any atom is -0.339 e. The summed E-state index contributed by atoms with van der Waals surface area (Å²) < 4.78 is 14.8. The summed E-state index contributed by atoms with van der Waals surface area (Å²) in [6.45, 7) is 5.30. The molecule has 1 N–H and O–H groups in total. The first-order valence-corrected chi connectivity index (χ1v) is 12.1. The van der Waals surface area contributed by atoms with Gasteiger partial charge in [0.05, 0.1) is 11.3 Å². The molecule has 0 saturated carbocycles. The van der Waals surface area contributed by atoms with E-state index in [2.05, 4.69) is 22.1 Å². The summed E-state index contributed by atoms with van der Waals surface area (Å²) in [4.78, 5) is 29.5. The molecule has 2 heterocycles. The number of aromatic nitrogens is 2. The van der Waals surface area contributed by atoms with Crippen LogP contribution in [0, 0.1) is 5.92 Å². The number of carbonyl (C=O) groups is 1. The monoisotopic (exact) mass is 442 g/mol. The van der Waals surface area contributed by atoms with E-state index in [1.54, 1.807) is 11.0 Å². The number of nitrogens with one attached hydrogen (secondary N) is 1. The third-order valence-corrected chi connectivity index (χ3v) is 7.18. The number of allylic oxidation sites excluding steroid dienone is 2. The molecular weight excluding hydrogens is 407 g/mol. The molecule has 1 amide bonds. The summed E-state index contributed by atoms with van der Waals surface area (Å²) in [6.07, 6.45) is 9.14. The Labute approximate surface area is 189 Å². The van der Waals surface area contributed by atoms with Crippen molar-refractivity contribution in [3.05, 3.63) is 50.2 Å². The van der Waals surface area contributed by atoms with E-state index in [1.807, 2.05) is 6.92 Å². The fraction of sp³-hybridized carbons (Fsp3) is 0.640. The van der Waals surface area contributed by atoms with Crippen LogP contribution >= 0.6 is 0 Å². The lowest BCUT2D eigenvalue weighted by molar-refractivity contribution is -0.127. The van der Waals surface area contributed by atoms with Crippen LogP contribution in [0.3, 0.4) is 0 Å². The first-order valence-electron chi connectivity index (χ1n) is 12.1. The van der Waals surface area contributed by atoms with Crippen LogP contribution in [0.2, 0.25) is 0 Å². The van der Waals surface area contributed by atoms with Gasteiger partial charge in [0.15, 0.2) is 0 Å². The summed E-state index contributed by atoms with van der Waals surface area (Å²) in [6, 6.07) is 0. The Balaban J connectivity index is 1.51. The van der Waals surface area contributed by atoms with Gasteiger partial charge in [0, 0.05) is 38.0 Å². The average molecular weight is 443 g/mol. The molecule has 7 heteroatoms. The molecule has 0 aromatic carbocycles. The normalized spacial score (nSPS) is 21.8. The van der Waals surface area contributed by atoms with Gasteiger partial charge < -0.3 is 9.80 Å². The van der Waals surface area contributed by atoms with Gasteiger partial charge in [-0.15, -0.1) is 0 Å². The molecule has 0 radical (unpaired) electrons. The molecule has 1 fully saturated rings. The molecule has 1 aliphatic heterocycles. The summed E-state index contributed by atoms with van der Waals surface area (Å²) in [5.74, 6) is -0.0773. The molecule has 32 heavy (non-hydrogen) atoms. The molecule has 1 aromatic rings. The van der Waals surface area contributed by atoms with E-state index in [4.69, 9.17) is 0 Å². The van der Waals surface area contributed by atoms with Gasteiger partial charge in [-0.05, 0) is 83.0 Å². The molecule has 1 atom stereocenters. The third-order valence-electron chi connectivity index (χ3n) is 7.18. The van der Waals surface area contributed by atoms with E-state index in [9.17, 15) is 14.0 Å². The van der Waals surface area contributed by atoms with Crippen LogP contribution < -0.4 is 5.56 Å². The average Bonchev–Trinajstić information content (AvgIpc) is 2.80. The van der Waals surface area contributed by atoms with E-state index in [1.165, 1.54) is 0 Å². The number of rotatable bonds is 6. The van der Waals surface area contributed by atoms with Crippen molar-refractivity contribution >= 4 is 5.91 Å². The first-order chi connectivity index (χ1) is 15.5. The molecule has 0 bridgehead atoms. The number of halogens is 1. The molecule has 174 valence electrons. The van der Waals surface area contributed by atoms with Crippen molar-refractivity contribution in [3.8, 4) is 0 Å². The maximum atomic E-state index is 14.8. The number of aromatic amines is 1. The van der Waals surface area contributed by atoms with Crippen molar-refractivity contribution in [2.45, 2.75) is 64.7 Å². The SMILES string of the molecule is CCN(CC1CCCN(C)C1)C(=O)C1=C(F)CCC(Cc2n[nH]c(=O)c3c2CCCC3)=C1. The van der Waals surface area contributed by atoms with Crippen LogP contribution in [-0.2, 0) is 24.1 Å². The number of likely N-dealkylation sites (tertiary alicyclic amines) is 1. The lowest BCUT2D eigenvalue weighted by Gasteiger charge is -2.34. The van der Waals surface area contributed by atoms with Gasteiger partial charge >= 0.3 is 0 Å². The lowest BCUT2D eigenvalue weighted by Crippen LogP contribution is -2.42. The van der Waals surface area contributed by atoms with Crippen LogP contribution in [0.25, 0.3) is 0 Å². The molecule has 0 spiro atoms. The van der Waals surface area contributed by atoms with E-state index in [0.717, 1.165) is 74.0 Å². The second kappa shape index (κ2) is 10.1. The van der Waals surface area contributed by atoms with Crippen LogP contribution in [0.15, 0.2) is 27.8 Å². The minimum atomic E-state index is -0.311. The zero-order valence-electron chi connectivity index (χ0n) is 19.4. The summed E-state index contributed by atoms with van der Waals surface area (Å²) in [5.41, 5.74) is 3.91. The Bertz CT molecular complexity index is 981. The van der Waals surface area contributed by atoms with Crippen LogP contribution in [0.1, 0.15) is 62.3 Å². The van der Waals surface area contributed by atoms with E-state index in [0.29, 0.717) is 31.8 Å². The first kappa shape index (κ1) is 22.9. The number of nitrogens with zero attached hydrogens (tertiary/aromatic N) is 3. The van der Waals surface area contributed by atoms with Crippen LogP contribution in [0.4, 0.5) is 4.39 Å². The third kappa shape index (κ3) is 5.03. The van der Waals surface area contributed by atoms with Crippen LogP contribution in [-0.4, -0.2) is 59.1 Å². The number of hydrogen-bond donors (Lipinski definition) is 1. The topological polar surface area (TPSA) is 69.3 Å². The molecule has 4 rings (SSSR count). The molecule has 1 saturated heterocycles. The highest BCUT2D eigenvalue weighted by Gasteiger charge is 2.27. The van der Waals surface area contributed by atoms with Crippen molar-refractivity contribution in [1.82, 2.24) is 20.0 Å². The smallest absolute Gasteiger partial charge is 0.267 e. The molecule has 3 aliphatic rings. The highest BCUT2D eigenvalue weighted by molar-refractivity contribution is 5.97. The quantitative estimate of drug-likeness (QED) is 0.734. The molecular formula is C25H35FN4O2. The van der Waals surface area contributed by atoms with Gasteiger partial charge in [0.25, 0.3) is 11.5 Å². The summed E-state index contributed by atoms with van der Waals surface area (Å²) in [7, 11) is 2.12. The minimum absolute atomic E-state index is 0.0881. The van der Waals surface area contributed by atoms with Gasteiger partial charge in [-0.25, -0.2) is 9.49 Å². The number of fused-ring (bicyclic) bond motifs is 1. The Morgan fingerprint density at radius 1 is 1.22 bits per heavy atom. The highest BCUT2D eigenvalue weighted by Crippen LogP contribution is 2.30. The maximum Gasteiger partial charge on any atom is 0.267 e. The zero-order valence-corrected chi connectivity index (χ0v) is 19.4. The van der Waals surface area contributed by atoms with Gasteiger partial charge in [-0.1, -0.05) is 5.57 Å². The second-order valence-corrected chi connectivity index (χ2v) is 9.58. The fourth-order valence-electron chi connectivity index (χ4n) is 5.43. The van der Waals surface area contributed by atoms with Gasteiger partial charge in [0.2, 0.25) is 0 Å². The largest absolute Gasteiger partial charge is 0.339 e. The maximum absolute atomic E-state index is 14.8. The van der Waals surface area contributed by atoms with Gasteiger partial charge in [0.1, 0.15) is 5.83 Å². The Morgan fingerprint density at radius 3 is 2.75 bits per heavy atom. The van der Waals surface area contributed by atoms with E-state index < -0.39 is 0 Å². The molecule has 1 aromatic heterocycles. The van der Waals surface area contributed by atoms with Crippen molar-refractivity contribution in [1.29, 1.82) is 0 Å². The molecule has 2 aliphatic carbocycles. The Morgan fingerprint density at radius 2 is 2.00 bits per heavy atom. The molecule has 1 unspecified atom stereocenters. The van der Waals surface area contributed by atoms with Gasteiger partial charge in [-0.3, -0.25) is 9.59 Å². The van der Waals surface area contributed by atoms with E-state index >= 15 is 0 Å². The lowest BCUT2D eigenvalue weighted by atomic mass is 9.88. The summed E-state index contributed by atoms with van der Waals surface area (Å²) >= 11 is 0. The van der Waals surface area contributed by atoms with Gasteiger partial charge in [-0.2, -0.15) is 5.10 Å². The number of amides is 1. The summed E-state index contributed by atoms with van der Waals surface area (Å²) in [5, 5.41) is 6.96. The number of carbonyl (C=O) groups excluding carboxylic acids is 1.